The van der Waals surface area contributed by atoms with E-state index >= 15 is 0 Å². The number of anilines is 1. The minimum Gasteiger partial charge on any atom is -0.321 e. The summed E-state index contributed by atoms with van der Waals surface area (Å²) >= 11 is 0. The summed E-state index contributed by atoms with van der Waals surface area (Å²) in [6.07, 6.45) is 4.52. The van der Waals surface area contributed by atoms with Gasteiger partial charge in [-0.2, -0.15) is 5.26 Å². The van der Waals surface area contributed by atoms with Crippen LogP contribution in [0.15, 0.2) is 59.3 Å². The van der Waals surface area contributed by atoms with Gasteiger partial charge in [0, 0.05) is 18.1 Å². The van der Waals surface area contributed by atoms with Gasteiger partial charge in [0.2, 0.25) is 10.0 Å². The maximum Gasteiger partial charge on any atom is 0.266 e. The van der Waals surface area contributed by atoms with Crippen LogP contribution in [0.4, 0.5) is 5.69 Å². The fourth-order valence-corrected chi connectivity index (χ4v) is 2.22. The Kier molecular flexibility index (Phi) is 4.85. The lowest BCUT2D eigenvalue weighted by Gasteiger charge is -2.05. The van der Waals surface area contributed by atoms with Gasteiger partial charge in [-0.15, -0.1) is 0 Å². The Balaban J connectivity index is 2.18. The minimum absolute atomic E-state index is 0.0664. The Morgan fingerprint density at radius 1 is 1.17 bits per heavy atom. The molecular formula is C15H12N4O3S. The van der Waals surface area contributed by atoms with Crippen LogP contribution in [0.3, 0.4) is 0 Å². The zero-order chi connectivity index (χ0) is 16.9. The van der Waals surface area contributed by atoms with E-state index in [1.807, 2.05) is 6.07 Å². The lowest BCUT2D eigenvalue weighted by atomic mass is 10.1. The summed E-state index contributed by atoms with van der Waals surface area (Å²) in [5, 5.41) is 16.6. The van der Waals surface area contributed by atoms with Gasteiger partial charge in [-0.05, 0) is 48.0 Å². The van der Waals surface area contributed by atoms with Crippen molar-refractivity contribution in [3.05, 3.63) is 59.9 Å². The molecule has 0 unspecified atom stereocenters. The van der Waals surface area contributed by atoms with Crippen LogP contribution in [-0.4, -0.2) is 19.3 Å². The number of sulfonamides is 1. The number of aromatic nitrogens is 1. The second-order valence-electron chi connectivity index (χ2n) is 4.47. The maximum absolute atomic E-state index is 12.1. The fraction of sp³-hybridized carbons (Fsp3) is 0. The minimum atomic E-state index is -3.79. The van der Waals surface area contributed by atoms with Crippen LogP contribution in [-0.2, 0) is 14.8 Å². The average molecular weight is 328 g/mol. The Labute approximate surface area is 133 Å². The molecule has 0 saturated heterocycles. The van der Waals surface area contributed by atoms with Gasteiger partial charge in [-0.3, -0.25) is 9.78 Å². The highest BCUT2D eigenvalue weighted by atomic mass is 32.2. The predicted molar refractivity (Wildman–Crippen MR) is 84.3 cm³/mol. The smallest absolute Gasteiger partial charge is 0.266 e. The molecule has 1 heterocycles. The van der Waals surface area contributed by atoms with Crippen molar-refractivity contribution >= 4 is 27.7 Å². The number of nitrogens with zero attached hydrogens (tertiary/aromatic N) is 2. The van der Waals surface area contributed by atoms with Crippen LogP contribution < -0.4 is 10.5 Å². The van der Waals surface area contributed by atoms with Gasteiger partial charge in [0.25, 0.3) is 5.91 Å². The summed E-state index contributed by atoms with van der Waals surface area (Å²) in [5.74, 6) is -0.604. The first-order valence-electron chi connectivity index (χ1n) is 6.36. The molecule has 0 aliphatic carbocycles. The van der Waals surface area contributed by atoms with E-state index in [0.717, 1.165) is 0 Å². The van der Waals surface area contributed by atoms with Crippen molar-refractivity contribution in [2.24, 2.45) is 5.14 Å². The summed E-state index contributed by atoms with van der Waals surface area (Å²) in [6, 6.07) is 10.4. The SMILES string of the molecule is N#C/C(=C\c1ccncc1)C(=O)Nc1ccc(S(N)(=O)=O)cc1. The second kappa shape index (κ2) is 6.83. The van der Waals surface area contributed by atoms with Crippen LogP contribution in [0, 0.1) is 11.3 Å². The second-order valence-corrected chi connectivity index (χ2v) is 6.04. The van der Waals surface area contributed by atoms with Crippen molar-refractivity contribution in [2.45, 2.75) is 4.90 Å². The number of pyridine rings is 1. The first-order chi connectivity index (χ1) is 10.9. The van der Waals surface area contributed by atoms with E-state index in [2.05, 4.69) is 10.3 Å². The van der Waals surface area contributed by atoms with Crippen LogP contribution >= 0.6 is 0 Å². The number of nitrogens with two attached hydrogens (primary N) is 1. The Morgan fingerprint density at radius 2 is 1.78 bits per heavy atom. The number of hydrogen-bond donors (Lipinski definition) is 2. The van der Waals surface area contributed by atoms with Crippen molar-refractivity contribution in [2.75, 3.05) is 5.32 Å². The van der Waals surface area contributed by atoms with E-state index in [4.69, 9.17) is 10.4 Å². The monoisotopic (exact) mass is 328 g/mol. The molecule has 8 heteroatoms. The summed E-state index contributed by atoms with van der Waals surface area (Å²) in [5.41, 5.74) is 0.918. The average Bonchev–Trinajstić information content (AvgIpc) is 2.53. The third-order valence-corrected chi connectivity index (χ3v) is 3.75. The molecule has 23 heavy (non-hydrogen) atoms. The first-order valence-corrected chi connectivity index (χ1v) is 7.91. The van der Waals surface area contributed by atoms with Gasteiger partial charge >= 0.3 is 0 Å². The molecule has 1 aromatic carbocycles. The molecule has 1 amide bonds. The fourth-order valence-electron chi connectivity index (χ4n) is 1.70. The highest BCUT2D eigenvalue weighted by Crippen LogP contribution is 2.14. The number of rotatable bonds is 4. The van der Waals surface area contributed by atoms with E-state index in [1.54, 1.807) is 24.5 Å². The van der Waals surface area contributed by atoms with Gasteiger partial charge < -0.3 is 5.32 Å². The molecule has 1 aromatic heterocycles. The molecule has 0 fully saturated rings. The molecule has 7 nitrogen and oxygen atoms in total. The zero-order valence-corrected chi connectivity index (χ0v) is 12.6. The molecule has 0 spiro atoms. The molecule has 2 rings (SSSR count). The maximum atomic E-state index is 12.1. The predicted octanol–water partition coefficient (Wildman–Crippen LogP) is 1.27. The van der Waals surface area contributed by atoms with Crippen LogP contribution in [0.5, 0.6) is 0 Å². The number of carbonyl (C=O) groups excluding carboxylic acids is 1. The molecule has 116 valence electrons. The lowest BCUT2D eigenvalue weighted by Crippen LogP contribution is -2.14. The highest BCUT2D eigenvalue weighted by Gasteiger charge is 2.11. The summed E-state index contributed by atoms with van der Waals surface area (Å²) < 4.78 is 22.3. The van der Waals surface area contributed by atoms with Crippen molar-refractivity contribution < 1.29 is 13.2 Å². The van der Waals surface area contributed by atoms with E-state index in [-0.39, 0.29) is 10.5 Å². The van der Waals surface area contributed by atoms with Gasteiger partial charge in [0.1, 0.15) is 11.6 Å². The van der Waals surface area contributed by atoms with E-state index in [9.17, 15) is 13.2 Å². The number of hydrogen-bond acceptors (Lipinski definition) is 5. The molecule has 0 bridgehead atoms. The first kappa shape index (κ1) is 16.4. The zero-order valence-electron chi connectivity index (χ0n) is 11.8. The molecule has 0 aliphatic rings. The number of primary sulfonamides is 1. The summed E-state index contributed by atoms with van der Waals surface area (Å²) in [7, 11) is -3.79. The number of carbonyl (C=O) groups is 1. The third-order valence-electron chi connectivity index (χ3n) is 2.82. The quantitative estimate of drug-likeness (QED) is 0.645. The highest BCUT2D eigenvalue weighted by molar-refractivity contribution is 7.89. The normalized spacial score (nSPS) is 11.6. The molecule has 0 atom stereocenters. The molecular weight excluding hydrogens is 316 g/mol. The van der Waals surface area contributed by atoms with Gasteiger partial charge in [0.05, 0.1) is 4.90 Å². The lowest BCUT2D eigenvalue weighted by molar-refractivity contribution is -0.112. The van der Waals surface area contributed by atoms with Crippen molar-refractivity contribution in [1.82, 2.24) is 4.98 Å². The third kappa shape index (κ3) is 4.47. The van der Waals surface area contributed by atoms with E-state index in [1.165, 1.54) is 30.3 Å². The molecule has 0 aliphatic heterocycles. The standard InChI is InChI=1S/C15H12N4O3S/c16-10-12(9-11-5-7-18-8-6-11)15(20)19-13-1-3-14(4-2-13)23(17,21)22/h1-9H,(H,19,20)(H2,17,21,22)/b12-9+. The Hall–Kier alpha value is -3.02. The van der Waals surface area contributed by atoms with E-state index < -0.39 is 15.9 Å². The van der Waals surface area contributed by atoms with Gasteiger partial charge in [0.15, 0.2) is 0 Å². The number of amides is 1. The van der Waals surface area contributed by atoms with Crippen LogP contribution in [0.2, 0.25) is 0 Å². The number of nitriles is 1. The van der Waals surface area contributed by atoms with Crippen LogP contribution in [0.1, 0.15) is 5.56 Å². The van der Waals surface area contributed by atoms with Crippen molar-refractivity contribution in [3.63, 3.8) is 0 Å². The van der Waals surface area contributed by atoms with Crippen LogP contribution in [0.25, 0.3) is 6.08 Å². The molecule has 0 saturated carbocycles. The molecule has 0 radical (unpaired) electrons. The summed E-state index contributed by atoms with van der Waals surface area (Å²) in [6.45, 7) is 0. The topological polar surface area (TPSA) is 126 Å². The molecule has 3 N–H and O–H groups in total. The van der Waals surface area contributed by atoms with Gasteiger partial charge in [-0.1, -0.05) is 0 Å². The van der Waals surface area contributed by atoms with Crippen molar-refractivity contribution in [1.29, 1.82) is 5.26 Å². The van der Waals surface area contributed by atoms with Crippen molar-refractivity contribution in [3.8, 4) is 6.07 Å². The van der Waals surface area contributed by atoms with Gasteiger partial charge in [-0.25, -0.2) is 13.6 Å². The molecule has 2 aromatic rings. The Morgan fingerprint density at radius 3 is 2.30 bits per heavy atom. The largest absolute Gasteiger partial charge is 0.321 e. The number of nitrogens with one attached hydrogen (secondary N) is 1. The summed E-state index contributed by atoms with van der Waals surface area (Å²) in [4.78, 5) is 15.9. The Bertz CT molecular complexity index is 883. The number of benzene rings is 1. The van der Waals surface area contributed by atoms with E-state index in [0.29, 0.717) is 11.3 Å².